The van der Waals surface area contributed by atoms with Crippen molar-refractivity contribution in [2.45, 2.75) is 341 Å². The van der Waals surface area contributed by atoms with Gasteiger partial charge in [-0.2, -0.15) is 0 Å². The van der Waals surface area contributed by atoms with Gasteiger partial charge in [-0.1, -0.05) is 298 Å². The van der Waals surface area contributed by atoms with Gasteiger partial charge in [0.05, 0.1) is 32.8 Å². The first-order valence-corrected chi connectivity index (χ1v) is 42.1. The van der Waals surface area contributed by atoms with Gasteiger partial charge in [0, 0.05) is 19.3 Å². The number of phosphoric ester groups is 2. The Labute approximate surface area is 607 Å². The smallest absolute Gasteiger partial charge is 0.462 e. The number of carbonyl (C=O) groups is 4. The highest BCUT2D eigenvalue weighted by atomic mass is 31.2. The minimum atomic E-state index is -4.99. The third-order valence-corrected chi connectivity index (χ3v) is 18.2. The van der Waals surface area contributed by atoms with E-state index < -0.39 is 97.5 Å². The normalized spacial score (nSPS) is 14.5. The van der Waals surface area contributed by atoms with Gasteiger partial charge in [0.15, 0.2) is 12.2 Å². The summed E-state index contributed by atoms with van der Waals surface area (Å²) in [5, 5.41) is 10.6. The van der Waals surface area contributed by atoms with E-state index in [0.717, 1.165) is 154 Å². The topological polar surface area (TPSA) is 237 Å². The first-order valence-electron chi connectivity index (χ1n) is 39.1. The highest BCUT2D eigenvalue weighted by molar-refractivity contribution is 7.47. The Morgan fingerprint density at radius 2 is 0.560 bits per heavy atom. The lowest BCUT2D eigenvalue weighted by molar-refractivity contribution is -0.161. The first kappa shape index (κ1) is 95.7. The number of rotatable bonds is 73. The summed E-state index contributed by atoms with van der Waals surface area (Å²) in [4.78, 5) is 72.9. The number of unbranched alkanes of at least 4 members (excludes halogenated alkanes) is 30. The highest BCUT2D eigenvalue weighted by Gasteiger charge is 2.30. The molecule has 0 bridgehead atoms. The Kier molecular flexibility index (Phi) is 69.9. The molecule has 0 rings (SSSR count). The van der Waals surface area contributed by atoms with Crippen molar-refractivity contribution in [1.29, 1.82) is 0 Å². The summed E-state index contributed by atoms with van der Waals surface area (Å²) in [5.41, 5.74) is 0. The zero-order chi connectivity index (χ0) is 73.2. The molecule has 0 aromatic heterocycles. The quantitative estimate of drug-likeness (QED) is 0.0169. The molecule has 0 amide bonds. The summed E-state index contributed by atoms with van der Waals surface area (Å²) in [5.74, 6) is -2.33. The number of ether oxygens (including phenoxy) is 4. The molecule has 0 aliphatic carbocycles. The second kappa shape index (κ2) is 73.0. The lowest BCUT2D eigenvalue weighted by Crippen LogP contribution is -2.30. The maximum absolute atomic E-state index is 13.1. The van der Waals surface area contributed by atoms with Gasteiger partial charge in [-0.05, 0) is 109 Å². The molecule has 0 saturated heterocycles. The number of carbonyl (C=O) groups excluding carboxylic acids is 4. The minimum Gasteiger partial charge on any atom is -0.462 e. The van der Waals surface area contributed by atoms with E-state index in [2.05, 4.69) is 113 Å². The maximum Gasteiger partial charge on any atom is 0.472 e. The van der Waals surface area contributed by atoms with Crippen molar-refractivity contribution in [3.8, 4) is 0 Å². The second-order valence-corrected chi connectivity index (χ2v) is 28.8. The van der Waals surface area contributed by atoms with Gasteiger partial charge in [0.2, 0.25) is 0 Å². The summed E-state index contributed by atoms with van der Waals surface area (Å²) < 4.78 is 68.4. The van der Waals surface area contributed by atoms with E-state index in [-0.39, 0.29) is 25.7 Å². The Morgan fingerprint density at radius 3 is 0.910 bits per heavy atom. The van der Waals surface area contributed by atoms with E-state index >= 15 is 0 Å². The van der Waals surface area contributed by atoms with Crippen LogP contribution in [0.25, 0.3) is 0 Å². The number of esters is 4. The fourth-order valence-electron chi connectivity index (χ4n) is 10.4. The van der Waals surface area contributed by atoms with Crippen molar-refractivity contribution in [3.63, 3.8) is 0 Å². The van der Waals surface area contributed by atoms with Crippen molar-refractivity contribution in [3.05, 3.63) is 109 Å². The molecule has 0 heterocycles. The number of hydrogen-bond donors (Lipinski definition) is 3. The minimum absolute atomic E-state index is 0.0651. The van der Waals surface area contributed by atoms with Gasteiger partial charge in [-0.25, -0.2) is 9.13 Å². The van der Waals surface area contributed by atoms with Crippen molar-refractivity contribution >= 4 is 39.5 Å². The van der Waals surface area contributed by atoms with E-state index in [1.807, 2.05) is 18.2 Å². The highest BCUT2D eigenvalue weighted by Crippen LogP contribution is 2.45. The largest absolute Gasteiger partial charge is 0.472 e. The zero-order valence-corrected chi connectivity index (χ0v) is 64.6. The van der Waals surface area contributed by atoms with Gasteiger partial charge in [-0.15, -0.1) is 0 Å². The maximum atomic E-state index is 13.1. The monoisotopic (exact) mass is 1450 g/mol. The van der Waals surface area contributed by atoms with E-state index in [4.69, 9.17) is 37.0 Å². The predicted octanol–water partition coefficient (Wildman–Crippen LogP) is 22.6. The molecule has 0 radical (unpaired) electrons. The van der Waals surface area contributed by atoms with Crippen LogP contribution in [0.4, 0.5) is 0 Å². The molecule has 5 atom stereocenters. The fourth-order valence-corrected chi connectivity index (χ4v) is 11.9. The first-order chi connectivity index (χ1) is 48.7. The molecule has 0 fully saturated rings. The zero-order valence-electron chi connectivity index (χ0n) is 62.8. The van der Waals surface area contributed by atoms with Crippen molar-refractivity contribution in [2.75, 3.05) is 39.6 Å². The molecule has 5 unspecified atom stereocenters. The molecule has 0 aliphatic heterocycles. The van der Waals surface area contributed by atoms with Crippen LogP contribution in [0.2, 0.25) is 0 Å². The molecule has 576 valence electrons. The summed E-state index contributed by atoms with van der Waals surface area (Å²) in [6, 6.07) is 0. The Hall–Kier alpha value is -4.28. The van der Waals surface area contributed by atoms with E-state index in [1.165, 1.54) is 89.9 Å². The van der Waals surface area contributed by atoms with E-state index in [9.17, 15) is 43.2 Å². The Bertz CT molecular complexity index is 2320. The molecule has 17 nitrogen and oxygen atoms in total. The van der Waals surface area contributed by atoms with Gasteiger partial charge < -0.3 is 33.8 Å². The number of hydrogen-bond acceptors (Lipinski definition) is 15. The van der Waals surface area contributed by atoms with Crippen LogP contribution in [0.1, 0.15) is 323 Å². The molecule has 3 N–H and O–H groups in total. The van der Waals surface area contributed by atoms with E-state index in [1.54, 1.807) is 6.08 Å². The molecule has 0 spiro atoms. The van der Waals surface area contributed by atoms with Gasteiger partial charge in [0.25, 0.3) is 0 Å². The number of allylic oxidation sites excluding steroid dienone is 17. The number of aliphatic hydroxyl groups is 1. The van der Waals surface area contributed by atoms with Crippen molar-refractivity contribution < 1.29 is 80.2 Å². The third-order valence-electron chi connectivity index (χ3n) is 16.3. The average Bonchev–Trinajstić information content (AvgIpc) is 0.937. The van der Waals surface area contributed by atoms with Crippen LogP contribution in [0.5, 0.6) is 0 Å². The van der Waals surface area contributed by atoms with Crippen LogP contribution >= 0.6 is 15.6 Å². The predicted molar refractivity (Wildman–Crippen MR) is 408 cm³/mol. The van der Waals surface area contributed by atoms with Crippen LogP contribution in [0.15, 0.2) is 109 Å². The third kappa shape index (κ3) is 72.1. The van der Waals surface area contributed by atoms with E-state index in [0.29, 0.717) is 25.7 Å². The second-order valence-electron chi connectivity index (χ2n) is 25.9. The van der Waals surface area contributed by atoms with Gasteiger partial charge >= 0.3 is 39.5 Å². The molecular weight excluding hydrogens is 1310 g/mol. The Morgan fingerprint density at radius 1 is 0.300 bits per heavy atom. The molecule has 0 saturated carbocycles. The summed E-state index contributed by atoms with van der Waals surface area (Å²) in [7, 11) is -9.98. The molecule has 19 heteroatoms. The summed E-state index contributed by atoms with van der Waals surface area (Å²) in [6.45, 7) is 4.53. The molecule has 0 aliphatic rings. The van der Waals surface area contributed by atoms with Crippen LogP contribution in [-0.2, 0) is 65.4 Å². The molecule has 0 aromatic rings. The molecular formula is C81H140O17P2. The fraction of sp³-hybridized carbons (Fsp3) is 0.728. The summed E-state index contributed by atoms with van der Waals surface area (Å²) >= 11 is 0. The van der Waals surface area contributed by atoms with Crippen LogP contribution in [0.3, 0.4) is 0 Å². The molecule has 0 aromatic carbocycles. The number of aliphatic hydroxyl groups excluding tert-OH is 1. The van der Waals surface area contributed by atoms with Crippen molar-refractivity contribution in [2.24, 2.45) is 0 Å². The van der Waals surface area contributed by atoms with Gasteiger partial charge in [-0.3, -0.25) is 37.3 Å². The standard InChI is InChI=1S/C81H140O17P2/c1-5-9-13-17-21-25-29-33-36-37-40-43-46-50-54-58-62-66-79(84)92-72-77(98-81(86)68-64-60-56-52-48-44-39-35-31-27-23-19-15-11-7-3)74-96-100(89,90)94-70-75(82)69-93-99(87,88)95-73-76(97-80(85)67-63-59-55-51-47-41-32-28-24-20-16-12-8-4)71-91-78(83)65-61-57-53-49-45-42-38-34-30-26-22-18-14-10-6-2/h9-10,13-14,21-22,25-26,28,32-34,36,38,45,49,57,61,75-77,82H,5-8,11-12,15-20,23-24,27,29-31,35,37,39-44,46-48,50-56,58-60,62-74H2,1-4H3,(H,87,88)(H,89,90)/b13-9-,14-10-,25-21-,26-22-,32-28-,36-33-,38-34-,49-45-,61-57-. The number of phosphoric acid groups is 2. The van der Waals surface area contributed by atoms with Crippen LogP contribution in [0, 0.1) is 0 Å². The molecule has 100 heavy (non-hydrogen) atoms. The van der Waals surface area contributed by atoms with Crippen LogP contribution in [-0.4, -0.2) is 96.7 Å². The lowest BCUT2D eigenvalue weighted by Gasteiger charge is -2.21. The lowest BCUT2D eigenvalue weighted by atomic mass is 10.0. The average molecular weight is 1450 g/mol. The van der Waals surface area contributed by atoms with Crippen LogP contribution < -0.4 is 0 Å². The van der Waals surface area contributed by atoms with Gasteiger partial charge in [0.1, 0.15) is 19.3 Å². The summed E-state index contributed by atoms with van der Waals surface area (Å²) in [6.07, 6.45) is 78.2. The SMILES string of the molecule is CC/C=C\C/C=C\C/C=C\C/C=C\C/C=C\CC(=O)OCC(COP(=O)(O)OCC(O)COP(=O)(O)OCC(COC(=O)CCCCCCCCC/C=C\C/C=C\C/C=C\CC)OC(=O)CCCCCCCCCCCCCCCCC)OC(=O)CCCCCCC/C=C\CCCCCC. The van der Waals surface area contributed by atoms with Crippen molar-refractivity contribution in [1.82, 2.24) is 0 Å². The Balaban J connectivity index is 5.40.